The van der Waals surface area contributed by atoms with Gasteiger partial charge in [0.15, 0.2) is 4.67 Å². The maximum atomic E-state index is 11.3. The van der Waals surface area contributed by atoms with Crippen LogP contribution in [0.2, 0.25) is 0 Å². The van der Waals surface area contributed by atoms with Crippen molar-refractivity contribution < 1.29 is 13.9 Å². The van der Waals surface area contributed by atoms with Gasteiger partial charge in [0.25, 0.3) is 0 Å². The van der Waals surface area contributed by atoms with E-state index in [0.29, 0.717) is 4.67 Å². The van der Waals surface area contributed by atoms with E-state index in [9.17, 15) is 4.79 Å². The van der Waals surface area contributed by atoms with E-state index in [1.807, 2.05) is 26.0 Å². The van der Waals surface area contributed by atoms with E-state index in [2.05, 4.69) is 20.7 Å². The number of carbonyl (C=O) groups excluding carboxylic acids is 1. The van der Waals surface area contributed by atoms with Crippen molar-refractivity contribution in [1.82, 2.24) is 0 Å². The maximum Gasteiger partial charge on any atom is 0.310 e. The average Bonchev–Trinajstić information content (AvgIpc) is 2.62. The number of aryl methyl sites for hydroxylation is 2. The second-order valence-corrected chi connectivity index (χ2v) is 4.71. The largest absolute Gasteiger partial charge is 0.469 e. The minimum absolute atomic E-state index is 0.215. The van der Waals surface area contributed by atoms with Crippen molar-refractivity contribution in [1.29, 1.82) is 0 Å². The predicted octanol–water partition coefficient (Wildman–Crippen LogP) is 3.53. The summed E-state index contributed by atoms with van der Waals surface area (Å²) in [6.45, 7) is 4.04. The lowest BCUT2D eigenvalue weighted by Gasteiger charge is -2.00. The number of fused-ring (bicyclic) bond motifs is 1. The molecule has 2 aromatic rings. The van der Waals surface area contributed by atoms with Crippen molar-refractivity contribution in [2.75, 3.05) is 7.11 Å². The van der Waals surface area contributed by atoms with Crippen molar-refractivity contribution in [2.45, 2.75) is 20.3 Å². The molecular weight excluding hydrogens is 284 g/mol. The van der Waals surface area contributed by atoms with Crippen LogP contribution in [0, 0.1) is 13.8 Å². The summed E-state index contributed by atoms with van der Waals surface area (Å²) in [6, 6.07) is 4.00. The highest BCUT2D eigenvalue weighted by Crippen LogP contribution is 2.33. The number of rotatable bonds is 2. The Hall–Kier alpha value is -1.29. The molecule has 0 saturated carbocycles. The van der Waals surface area contributed by atoms with Gasteiger partial charge >= 0.3 is 5.97 Å². The van der Waals surface area contributed by atoms with Gasteiger partial charge in [-0.1, -0.05) is 12.1 Å². The average molecular weight is 297 g/mol. The molecule has 0 unspecified atom stereocenters. The molecule has 17 heavy (non-hydrogen) atoms. The van der Waals surface area contributed by atoms with Crippen LogP contribution in [0.1, 0.15) is 16.7 Å². The van der Waals surface area contributed by atoms with Gasteiger partial charge in [0.1, 0.15) is 5.58 Å². The zero-order valence-corrected chi connectivity index (χ0v) is 11.6. The molecule has 0 spiro atoms. The van der Waals surface area contributed by atoms with Gasteiger partial charge in [-0.2, -0.15) is 0 Å². The highest BCUT2D eigenvalue weighted by atomic mass is 79.9. The van der Waals surface area contributed by atoms with Gasteiger partial charge < -0.3 is 9.15 Å². The van der Waals surface area contributed by atoms with Crippen molar-refractivity contribution in [2.24, 2.45) is 0 Å². The third-order valence-electron chi connectivity index (χ3n) is 2.98. The highest BCUT2D eigenvalue weighted by molar-refractivity contribution is 9.10. The maximum absolute atomic E-state index is 11.3. The molecule has 0 radical (unpaired) electrons. The fourth-order valence-electron chi connectivity index (χ4n) is 1.80. The smallest absolute Gasteiger partial charge is 0.310 e. The zero-order valence-electron chi connectivity index (χ0n) is 9.96. The molecule has 90 valence electrons. The Kier molecular flexibility index (Phi) is 3.24. The van der Waals surface area contributed by atoms with Crippen LogP contribution in [0.25, 0.3) is 11.0 Å². The molecule has 1 aromatic heterocycles. The first kappa shape index (κ1) is 12.2. The monoisotopic (exact) mass is 296 g/mol. The number of hydrogen-bond donors (Lipinski definition) is 0. The number of hydrogen-bond acceptors (Lipinski definition) is 3. The van der Waals surface area contributed by atoms with Gasteiger partial charge in [0, 0.05) is 10.9 Å². The zero-order chi connectivity index (χ0) is 12.6. The van der Waals surface area contributed by atoms with Gasteiger partial charge in [0.05, 0.1) is 13.5 Å². The predicted molar refractivity (Wildman–Crippen MR) is 69.1 cm³/mol. The van der Waals surface area contributed by atoms with Crippen LogP contribution in [-0.2, 0) is 16.0 Å². The first-order valence-electron chi connectivity index (χ1n) is 5.28. The Morgan fingerprint density at radius 2 is 2.12 bits per heavy atom. The minimum atomic E-state index is -0.272. The summed E-state index contributed by atoms with van der Waals surface area (Å²) in [4.78, 5) is 11.3. The van der Waals surface area contributed by atoms with Crippen LogP contribution in [0.5, 0.6) is 0 Å². The summed E-state index contributed by atoms with van der Waals surface area (Å²) < 4.78 is 10.9. The molecular formula is C13H13BrO3. The van der Waals surface area contributed by atoms with Crippen LogP contribution in [0.4, 0.5) is 0 Å². The summed E-state index contributed by atoms with van der Waals surface area (Å²) in [5.74, 6) is -0.272. The molecule has 0 saturated heterocycles. The molecule has 0 N–H and O–H groups in total. The van der Waals surface area contributed by atoms with Crippen LogP contribution in [0.3, 0.4) is 0 Å². The SMILES string of the molecule is COC(=O)Cc1c(Br)oc2c(C)c(C)ccc12. The molecule has 1 aromatic carbocycles. The first-order chi connectivity index (χ1) is 8.04. The van der Waals surface area contributed by atoms with Crippen molar-refractivity contribution in [3.05, 3.63) is 33.5 Å². The molecule has 0 fully saturated rings. The summed E-state index contributed by atoms with van der Waals surface area (Å²) >= 11 is 3.35. The van der Waals surface area contributed by atoms with E-state index in [0.717, 1.165) is 22.1 Å². The third kappa shape index (κ3) is 2.09. The lowest BCUT2D eigenvalue weighted by molar-refractivity contribution is -0.139. The number of methoxy groups -OCH3 is 1. The fraction of sp³-hybridized carbons (Fsp3) is 0.308. The van der Waals surface area contributed by atoms with Crippen molar-refractivity contribution in [3.63, 3.8) is 0 Å². The highest BCUT2D eigenvalue weighted by Gasteiger charge is 2.17. The van der Waals surface area contributed by atoms with Gasteiger partial charge in [-0.15, -0.1) is 0 Å². The molecule has 0 bridgehead atoms. The van der Waals surface area contributed by atoms with E-state index >= 15 is 0 Å². The normalized spacial score (nSPS) is 10.8. The molecule has 0 atom stereocenters. The van der Waals surface area contributed by atoms with E-state index in [1.54, 1.807) is 0 Å². The molecule has 2 rings (SSSR count). The lowest BCUT2D eigenvalue weighted by Crippen LogP contribution is -2.04. The molecule has 0 aliphatic carbocycles. The Balaban J connectivity index is 2.60. The van der Waals surface area contributed by atoms with Crippen molar-refractivity contribution in [3.8, 4) is 0 Å². The Bertz CT molecular complexity index is 584. The van der Waals surface area contributed by atoms with Crippen molar-refractivity contribution >= 4 is 32.9 Å². The number of benzene rings is 1. The molecule has 3 nitrogen and oxygen atoms in total. The van der Waals surface area contributed by atoms with Crippen LogP contribution >= 0.6 is 15.9 Å². The Morgan fingerprint density at radius 3 is 2.76 bits per heavy atom. The van der Waals surface area contributed by atoms with E-state index < -0.39 is 0 Å². The van der Waals surface area contributed by atoms with E-state index in [-0.39, 0.29) is 12.4 Å². The van der Waals surface area contributed by atoms with Crippen LogP contribution < -0.4 is 0 Å². The van der Waals surface area contributed by atoms with Crippen LogP contribution in [-0.4, -0.2) is 13.1 Å². The second-order valence-electron chi connectivity index (χ2n) is 3.99. The topological polar surface area (TPSA) is 39.4 Å². The number of ether oxygens (including phenoxy) is 1. The van der Waals surface area contributed by atoms with E-state index in [1.165, 1.54) is 12.7 Å². The first-order valence-corrected chi connectivity index (χ1v) is 6.07. The molecule has 1 heterocycles. The molecule has 0 aliphatic heterocycles. The van der Waals surface area contributed by atoms with Gasteiger partial charge in [0.2, 0.25) is 0 Å². The van der Waals surface area contributed by atoms with Gasteiger partial charge in [-0.25, -0.2) is 0 Å². The number of halogens is 1. The van der Waals surface area contributed by atoms with Gasteiger partial charge in [-0.05, 0) is 40.9 Å². The quantitative estimate of drug-likeness (QED) is 0.796. The van der Waals surface area contributed by atoms with Crippen LogP contribution in [0.15, 0.2) is 21.2 Å². The number of furan rings is 1. The molecule has 0 amide bonds. The summed E-state index contributed by atoms with van der Waals surface area (Å²) in [7, 11) is 1.38. The number of esters is 1. The summed E-state index contributed by atoms with van der Waals surface area (Å²) in [6.07, 6.45) is 0.215. The molecule has 0 aliphatic rings. The van der Waals surface area contributed by atoms with Gasteiger partial charge in [-0.3, -0.25) is 4.79 Å². The molecule has 4 heteroatoms. The Morgan fingerprint density at radius 1 is 1.41 bits per heavy atom. The Labute approximate surface area is 108 Å². The number of carbonyl (C=O) groups is 1. The van der Waals surface area contributed by atoms with E-state index in [4.69, 9.17) is 4.42 Å². The standard InChI is InChI=1S/C13H13BrO3/c1-7-4-5-9-10(6-11(15)16-3)13(14)17-12(9)8(7)2/h4-5H,6H2,1-3H3. The minimum Gasteiger partial charge on any atom is -0.469 e. The summed E-state index contributed by atoms with van der Waals surface area (Å²) in [5, 5.41) is 0.963. The fourth-order valence-corrected chi connectivity index (χ4v) is 2.31. The lowest BCUT2D eigenvalue weighted by atomic mass is 10.0. The summed E-state index contributed by atoms with van der Waals surface area (Å²) in [5.41, 5.74) is 3.94. The third-order valence-corrected chi connectivity index (χ3v) is 3.62. The second kappa shape index (κ2) is 4.53.